The normalized spacial score (nSPS) is 22.9. The first-order chi connectivity index (χ1) is 9.35. The number of aryl methyl sites for hydroxylation is 1. The number of carbonyl (C=O) groups excluding carboxylic acids is 1. The van der Waals surface area contributed by atoms with E-state index in [2.05, 4.69) is 10.2 Å². The van der Waals surface area contributed by atoms with Crippen molar-refractivity contribution in [2.24, 2.45) is 5.41 Å². The second kappa shape index (κ2) is 5.28. The van der Waals surface area contributed by atoms with Crippen molar-refractivity contribution in [3.8, 4) is 0 Å². The number of rotatable bonds is 4. The first-order valence-corrected chi connectivity index (χ1v) is 6.63. The third-order valence-electron chi connectivity index (χ3n) is 3.95. The molecule has 0 aliphatic carbocycles. The van der Waals surface area contributed by atoms with Crippen LogP contribution < -0.4 is 5.32 Å². The Morgan fingerprint density at radius 2 is 2.25 bits per heavy atom. The predicted molar refractivity (Wildman–Crippen MR) is 72.5 cm³/mol. The highest BCUT2D eigenvalue weighted by Crippen LogP contribution is 2.31. The third-order valence-corrected chi connectivity index (χ3v) is 3.95. The number of nitrogens with one attached hydrogen (secondary N) is 1. The number of nitrogens with zero attached hydrogens (tertiary/aromatic N) is 1. The van der Waals surface area contributed by atoms with E-state index in [4.69, 9.17) is 9.52 Å². The Hall–Kier alpha value is -1.82. The number of aromatic carboxylic acids is 1. The van der Waals surface area contributed by atoms with Gasteiger partial charge in [0.25, 0.3) is 0 Å². The van der Waals surface area contributed by atoms with E-state index in [1.807, 2.05) is 6.92 Å². The summed E-state index contributed by atoms with van der Waals surface area (Å²) in [5.74, 6) is -0.423. The van der Waals surface area contributed by atoms with Crippen molar-refractivity contribution in [2.45, 2.75) is 26.8 Å². The molecule has 1 unspecified atom stereocenters. The molecule has 0 saturated carbocycles. The lowest BCUT2D eigenvalue weighted by Crippen LogP contribution is -2.39. The van der Waals surface area contributed by atoms with Crippen LogP contribution in [-0.4, -0.2) is 42.0 Å². The van der Waals surface area contributed by atoms with E-state index in [-0.39, 0.29) is 17.1 Å². The second-order valence-corrected chi connectivity index (χ2v) is 5.60. The number of amides is 1. The Kier molecular flexibility index (Phi) is 3.85. The molecule has 2 rings (SSSR count). The van der Waals surface area contributed by atoms with Crippen LogP contribution in [0.1, 0.15) is 35.2 Å². The first-order valence-electron chi connectivity index (χ1n) is 6.63. The predicted octanol–water partition coefficient (Wildman–Crippen LogP) is 1.24. The van der Waals surface area contributed by atoms with Crippen LogP contribution in [0.2, 0.25) is 0 Å². The Morgan fingerprint density at radius 3 is 2.80 bits per heavy atom. The summed E-state index contributed by atoms with van der Waals surface area (Å²) in [6.07, 6.45) is 0.801. The molecule has 2 N–H and O–H groups in total. The van der Waals surface area contributed by atoms with E-state index in [1.165, 1.54) is 0 Å². The van der Waals surface area contributed by atoms with Gasteiger partial charge in [-0.1, -0.05) is 0 Å². The molecule has 110 valence electrons. The van der Waals surface area contributed by atoms with Gasteiger partial charge in [0.2, 0.25) is 11.7 Å². The van der Waals surface area contributed by atoms with E-state index in [1.54, 1.807) is 20.0 Å². The van der Waals surface area contributed by atoms with Crippen LogP contribution in [0, 0.1) is 12.3 Å². The van der Waals surface area contributed by atoms with Crippen molar-refractivity contribution in [3.63, 3.8) is 0 Å². The van der Waals surface area contributed by atoms with Crippen LogP contribution in [0.3, 0.4) is 0 Å². The number of carbonyl (C=O) groups is 2. The average molecular weight is 280 g/mol. The standard InChI is InChI=1S/C14H20N2O4/c1-9-10(6-11(20-9)12(17)18)7-16-5-4-14(2,8-16)13(19)15-3/h6H,4-5,7-8H2,1-3H3,(H,15,19)(H,17,18). The molecule has 1 fully saturated rings. The van der Waals surface area contributed by atoms with Crippen LogP contribution in [0.15, 0.2) is 10.5 Å². The van der Waals surface area contributed by atoms with E-state index < -0.39 is 5.97 Å². The van der Waals surface area contributed by atoms with Crippen molar-refractivity contribution >= 4 is 11.9 Å². The molecule has 1 aromatic rings. The van der Waals surface area contributed by atoms with E-state index >= 15 is 0 Å². The summed E-state index contributed by atoms with van der Waals surface area (Å²) in [5.41, 5.74) is 0.491. The Bertz CT molecular complexity index is 537. The second-order valence-electron chi connectivity index (χ2n) is 5.60. The summed E-state index contributed by atoms with van der Waals surface area (Å²) in [5, 5.41) is 11.6. The van der Waals surface area contributed by atoms with E-state index in [0.717, 1.165) is 18.5 Å². The van der Waals surface area contributed by atoms with Gasteiger partial charge in [0, 0.05) is 25.7 Å². The molecule has 1 aromatic heterocycles. The smallest absolute Gasteiger partial charge is 0.371 e. The minimum Gasteiger partial charge on any atom is -0.475 e. The number of hydrogen-bond donors (Lipinski definition) is 2. The number of carboxylic acid groups (broad SMARTS) is 1. The van der Waals surface area contributed by atoms with Gasteiger partial charge in [-0.25, -0.2) is 4.79 Å². The number of furan rings is 1. The highest BCUT2D eigenvalue weighted by atomic mass is 16.4. The van der Waals surface area contributed by atoms with Crippen molar-refractivity contribution < 1.29 is 19.1 Å². The molecule has 1 amide bonds. The molecule has 0 spiro atoms. The fourth-order valence-electron chi connectivity index (χ4n) is 2.70. The van der Waals surface area contributed by atoms with E-state index in [0.29, 0.717) is 18.8 Å². The molecule has 0 aromatic carbocycles. The van der Waals surface area contributed by atoms with Crippen LogP contribution in [-0.2, 0) is 11.3 Å². The molecule has 1 saturated heterocycles. The Balaban J connectivity index is 2.06. The average Bonchev–Trinajstić information content (AvgIpc) is 2.94. The maximum Gasteiger partial charge on any atom is 0.371 e. The molecule has 6 heteroatoms. The lowest BCUT2D eigenvalue weighted by atomic mass is 9.89. The zero-order chi connectivity index (χ0) is 14.9. The highest BCUT2D eigenvalue weighted by molar-refractivity contribution is 5.84. The summed E-state index contributed by atoms with van der Waals surface area (Å²) in [7, 11) is 1.65. The molecular formula is C14H20N2O4. The fourth-order valence-corrected chi connectivity index (χ4v) is 2.70. The van der Waals surface area contributed by atoms with Gasteiger partial charge in [-0.2, -0.15) is 0 Å². The van der Waals surface area contributed by atoms with Gasteiger partial charge >= 0.3 is 5.97 Å². The van der Waals surface area contributed by atoms with Gasteiger partial charge in [0.15, 0.2) is 0 Å². The van der Waals surface area contributed by atoms with Gasteiger partial charge in [0.05, 0.1) is 5.41 Å². The first kappa shape index (κ1) is 14.6. The molecule has 1 aliphatic rings. The van der Waals surface area contributed by atoms with Crippen molar-refractivity contribution in [3.05, 3.63) is 23.2 Å². The van der Waals surface area contributed by atoms with Crippen LogP contribution in [0.25, 0.3) is 0 Å². The zero-order valence-electron chi connectivity index (χ0n) is 12.0. The summed E-state index contributed by atoms with van der Waals surface area (Å²) >= 11 is 0. The maximum atomic E-state index is 11.9. The third kappa shape index (κ3) is 2.70. The van der Waals surface area contributed by atoms with Gasteiger partial charge in [-0.05, 0) is 32.9 Å². The lowest BCUT2D eigenvalue weighted by Gasteiger charge is -2.22. The summed E-state index contributed by atoms with van der Waals surface area (Å²) < 4.78 is 5.20. The maximum absolute atomic E-state index is 11.9. The molecule has 0 bridgehead atoms. The Morgan fingerprint density at radius 1 is 1.55 bits per heavy atom. The zero-order valence-corrected chi connectivity index (χ0v) is 12.0. The summed E-state index contributed by atoms with van der Waals surface area (Å²) in [4.78, 5) is 24.9. The minimum atomic E-state index is -1.06. The van der Waals surface area contributed by atoms with Crippen LogP contribution in [0.4, 0.5) is 0 Å². The van der Waals surface area contributed by atoms with E-state index in [9.17, 15) is 9.59 Å². The monoisotopic (exact) mass is 280 g/mol. The SMILES string of the molecule is CNC(=O)C1(C)CCN(Cc2cc(C(=O)O)oc2C)C1. The fraction of sp³-hybridized carbons (Fsp3) is 0.571. The number of likely N-dealkylation sites (tertiary alicyclic amines) is 1. The summed E-state index contributed by atoms with van der Waals surface area (Å²) in [6.45, 7) is 5.80. The molecule has 1 aliphatic heterocycles. The number of hydrogen-bond acceptors (Lipinski definition) is 4. The highest BCUT2D eigenvalue weighted by Gasteiger charge is 2.39. The molecule has 0 radical (unpaired) electrons. The molecule has 1 atom stereocenters. The van der Waals surface area contributed by atoms with Crippen LogP contribution in [0.5, 0.6) is 0 Å². The molecule has 6 nitrogen and oxygen atoms in total. The van der Waals surface area contributed by atoms with Gasteiger partial charge in [-0.3, -0.25) is 9.69 Å². The number of carboxylic acids is 1. The van der Waals surface area contributed by atoms with Gasteiger partial charge in [0.1, 0.15) is 5.76 Å². The van der Waals surface area contributed by atoms with Crippen molar-refractivity contribution in [2.75, 3.05) is 20.1 Å². The lowest BCUT2D eigenvalue weighted by molar-refractivity contribution is -0.129. The quantitative estimate of drug-likeness (QED) is 0.867. The molecule has 2 heterocycles. The molecular weight excluding hydrogens is 260 g/mol. The topological polar surface area (TPSA) is 82.8 Å². The van der Waals surface area contributed by atoms with Gasteiger partial charge < -0.3 is 14.8 Å². The minimum absolute atomic E-state index is 0.0363. The largest absolute Gasteiger partial charge is 0.475 e. The Labute approximate surface area is 117 Å². The van der Waals surface area contributed by atoms with Crippen LogP contribution >= 0.6 is 0 Å². The molecule has 20 heavy (non-hydrogen) atoms. The summed E-state index contributed by atoms with van der Waals surface area (Å²) in [6, 6.07) is 1.56. The van der Waals surface area contributed by atoms with Crippen molar-refractivity contribution in [1.29, 1.82) is 0 Å². The van der Waals surface area contributed by atoms with Crippen molar-refractivity contribution in [1.82, 2.24) is 10.2 Å². The van der Waals surface area contributed by atoms with Gasteiger partial charge in [-0.15, -0.1) is 0 Å².